The number of hydrogen-bond acceptors (Lipinski definition) is 5. The van der Waals surface area contributed by atoms with Crippen LogP contribution in [-0.2, 0) is 17.5 Å². The molecule has 2 aliphatic rings. The molecule has 1 atom stereocenters. The summed E-state index contributed by atoms with van der Waals surface area (Å²) in [4.78, 5) is 41.8. The fourth-order valence-corrected chi connectivity index (χ4v) is 5.08. The number of rotatable bonds is 6. The second-order valence-electron chi connectivity index (χ2n) is 9.76. The van der Waals surface area contributed by atoms with Gasteiger partial charge in [0.15, 0.2) is 11.5 Å². The molecule has 0 aliphatic heterocycles. The summed E-state index contributed by atoms with van der Waals surface area (Å²) >= 11 is 0. The van der Waals surface area contributed by atoms with Gasteiger partial charge < -0.3 is 15.7 Å². The molecule has 0 fully saturated rings. The van der Waals surface area contributed by atoms with Gasteiger partial charge in [0.2, 0.25) is 0 Å². The van der Waals surface area contributed by atoms with E-state index in [9.17, 15) is 41.4 Å². The van der Waals surface area contributed by atoms with Crippen LogP contribution in [0.4, 0.5) is 22.0 Å². The number of amides is 2. The van der Waals surface area contributed by atoms with E-state index in [0.29, 0.717) is 30.5 Å². The zero-order valence-corrected chi connectivity index (χ0v) is 21.9. The van der Waals surface area contributed by atoms with Crippen molar-refractivity contribution in [2.45, 2.75) is 44.9 Å². The topological polar surface area (TPSA) is 126 Å². The molecule has 0 unspecified atom stereocenters. The fourth-order valence-electron chi connectivity index (χ4n) is 5.08. The number of fused-ring (bicyclic) bond motifs is 1. The first-order valence-electron chi connectivity index (χ1n) is 12.7. The Balaban J connectivity index is 1.40. The van der Waals surface area contributed by atoms with Gasteiger partial charge in [-0.05, 0) is 60.6 Å². The van der Waals surface area contributed by atoms with E-state index in [4.69, 9.17) is 0 Å². The van der Waals surface area contributed by atoms with Gasteiger partial charge in [-0.2, -0.15) is 18.3 Å². The number of allylic oxidation sites excluding steroid dienone is 3. The lowest BCUT2D eigenvalue weighted by Crippen LogP contribution is -2.36. The number of hydrogen-bond donors (Lipinski definition) is 3. The second kappa shape index (κ2) is 10.8. The molecule has 9 nitrogen and oxygen atoms in total. The molecule has 0 saturated carbocycles. The Morgan fingerprint density at radius 3 is 2.60 bits per heavy atom. The van der Waals surface area contributed by atoms with Crippen LogP contribution in [0, 0.1) is 11.6 Å². The highest BCUT2D eigenvalue weighted by Gasteiger charge is 2.34. The first-order chi connectivity index (χ1) is 19.8. The first-order valence-corrected chi connectivity index (χ1v) is 12.7. The van der Waals surface area contributed by atoms with Crippen LogP contribution < -0.4 is 10.6 Å². The number of carbonyl (C=O) groups is 3. The molecule has 14 heteroatoms. The number of carbonyl (C=O) groups excluding carboxylic acids is 2. The minimum Gasteiger partial charge on any atom is -0.478 e. The normalized spacial score (nSPS) is 17.0. The third-order valence-electron chi connectivity index (χ3n) is 7.18. The number of nitrogens with one attached hydrogen (secondary N) is 2. The monoisotopic (exact) mass is 587 g/mol. The summed E-state index contributed by atoms with van der Waals surface area (Å²) in [6, 6.07) is 2.82. The van der Waals surface area contributed by atoms with E-state index in [1.807, 2.05) is 0 Å². The van der Waals surface area contributed by atoms with Crippen molar-refractivity contribution in [3.8, 4) is 0 Å². The van der Waals surface area contributed by atoms with E-state index in [1.165, 1.54) is 0 Å². The molecule has 42 heavy (non-hydrogen) atoms. The van der Waals surface area contributed by atoms with Crippen LogP contribution in [0.15, 0.2) is 64.9 Å². The summed E-state index contributed by atoms with van der Waals surface area (Å²) in [5.41, 5.74) is -0.179. The Kier molecular flexibility index (Phi) is 7.39. The molecule has 0 spiro atoms. The van der Waals surface area contributed by atoms with E-state index in [2.05, 4.69) is 20.7 Å². The lowest BCUT2D eigenvalue weighted by Gasteiger charge is -2.16. The van der Waals surface area contributed by atoms with Crippen molar-refractivity contribution in [2.24, 2.45) is 0 Å². The van der Waals surface area contributed by atoms with Gasteiger partial charge in [0.1, 0.15) is 17.2 Å². The molecule has 218 valence electrons. The molecule has 1 aromatic carbocycles. The molecule has 2 heterocycles. The SMILES string of the molecule is CC1=C(C(=O)O)CC=CC2=C1CC[C@@H]2NC(=O)c1cc(C(=O)NCc2ccc(F)c(C(F)(F)F)c2)nc2c(F)cnn12. The molecule has 2 amide bonds. The number of nitrogens with zero attached hydrogens (tertiary/aromatic N) is 3. The van der Waals surface area contributed by atoms with Crippen LogP contribution >= 0.6 is 0 Å². The summed E-state index contributed by atoms with van der Waals surface area (Å²) in [5, 5.41) is 18.5. The molecule has 0 bridgehead atoms. The van der Waals surface area contributed by atoms with Gasteiger partial charge in [-0.25, -0.2) is 23.1 Å². The third-order valence-corrected chi connectivity index (χ3v) is 7.18. The van der Waals surface area contributed by atoms with Crippen LogP contribution in [0.3, 0.4) is 0 Å². The number of carboxylic acid groups (broad SMARTS) is 1. The molecular formula is C28H22F5N5O4. The number of alkyl halides is 3. The molecule has 2 aliphatic carbocycles. The van der Waals surface area contributed by atoms with Gasteiger partial charge in [-0.15, -0.1) is 0 Å². The Morgan fingerprint density at radius 2 is 1.88 bits per heavy atom. The maximum atomic E-state index is 14.5. The van der Waals surface area contributed by atoms with Crippen LogP contribution in [0.5, 0.6) is 0 Å². The Morgan fingerprint density at radius 1 is 1.12 bits per heavy atom. The van der Waals surface area contributed by atoms with Crippen molar-refractivity contribution in [1.82, 2.24) is 25.2 Å². The molecule has 5 rings (SSSR count). The summed E-state index contributed by atoms with van der Waals surface area (Å²) in [6.45, 7) is 1.28. The third kappa shape index (κ3) is 5.39. The maximum absolute atomic E-state index is 14.5. The average molecular weight is 588 g/mol. The maximum Gasteiger partial charge on any atom is 0.419 e. The summed E-state index contributed by atoms with van der Waals surface area (Å²) in [6.07, 6.45) is 0.550. The molecular weight excluding hydrogens is 565 g/mol. The molecule has 3 N–H and O–H groups in total. The zero-order chi connectivity index (χ0) is 30.3. The Hall–Kier alpha value is -4.88. The van der Waals surface area contributed by atoms with Crippen molar-refractivity contribution in [3.63, 3.8) is 0 Å². The first kappa shape index (κ1) is 28.6. The van der Waals surface area contributed by atoms with Crippen molar-refractivity contribution >= 4 is 23.4 Å². The minimum atomic E-state index is -4.94. The fraction of sp³-hybridized carbons (Fsp3) is 0.250. The summed E-state index contributed by atoms with van der Waals surface area (Å²) in [7, 11) is 0. The van der Waals surface area contributed by atoms with Gasteiger partial charge in [0, 0.05) is 18.2 Å². The van der Waals surface area contributed by atoms with Crippen molar-refractivity contribution in [1.29, 1.82) is 0 Å². The predicted molar refractivity (Wildman–Crippen MR) is 137 cm³/mol. The van der Waals surface area contributed by atoms with Crippen molar-refractivity contribution in [3.05, 3.63) is 99.1 Å². The number of aliphatic carboxylic acids is 1. The highest BCUT2D eigenvalue weighted by molar-refractivity contribution is 5.98. The van der Waals surface area contributed by atoms with Crippen LogP contribution in [0.25, 0.3) is 5.65 Å². The quantitative estimate of drug-likeness (QED) is 0.365. The van der Waals surface area contributed by atoms with Gasteiger partial charge in [-0.1, -0.05) is 18.2 Å². The number of carboxylic acids is 1. The van der Waals surface area contributed by atoms with Crippen LogP contribution in [0.2, 0.25) is 0 Å². The summed E-state index contributed by atoms with van der Waals surface area (Å²) < 4.78 is 68.1. The number of aromatic nitrogens is 3. The molecule has 2 aromatic heterocycles. The predicted octanol–water partition coefficient (Wildman–Crippen LogP) is 4.51. The van der Waals surface area contributed by atoms with Gasteiger partial charge in [0.25, 0.3) is 11.8 Å². The summed E-state index contributed by atoms with van der Waals surface area (Å²) in [5.74, 6) is -5.06. The average Bonchev–Trinajstić information content (AvgIpc) is 3.46. The number of benzene rings is 1. The van der Waals surface area contributed by atoms with E-state index < -0.39 is 65.1 Å². The lowest BCUT2D eigenvalue weighted by atomic mass is 9.99. The lowest BCUT2D eigenvalue weighted by molar-refractivity contribution is -0.140. The largest absolute Gasteiger partial charge is 0.478 e. The van der Waals surface area contributed by atoms with E-state index >= 15 is 0 Å². The Bertz CT molecular complexity index is 1740. The van der Waals surface area contributed by atoms with Crippen LogP contribution in [0.1, 0.15) is 58.3 Å². The zero-order valence-electron chi connectivity index (χ0n) is 21.9. The smallest absolute Gasteiger partial charge is 0.419 e. The van der Waals surface area contributed by atoms with Gasteiger partial charge >= 0.3 is 12.1 Å². The Labute approximate surface area is 234 Å². The number of halogens is 5. The van der Waals surface area contributed by atoms with E-state index in [0.717, 1.165) is 34.0 Å². The van der Waals surface area contributed by atoms with Gasteiger partial charge in [-0.3, -0.25) is 9.59 Å². The molecule has 0 saturated heterocycles. The second-order valence-corrected chi connectivity index (χ2v) is 9.76. The van der Waals surface area contributed by atoms with Gasteiger partial charge in [0.05, 0.1) is 17.8 Å². The minimum absolute atomic E-state index is 0.0520. The highest BCUT2D eigenvalue weighted by atomic mass is 19.4. The van der Waals surface area contributed by atoms with Crippen molar-refractivity contribution in [2.75, 3.05) is 0 Å². The molecule has 3 aromatic rings. The van der Waals surface area contributed by atoms with Crippen LogP contribution in [-0.4, -0.2) is 43.5 Å². The van der Waals surface area contributed by atoms with E-state index in [-0.39, 0.29) is 23.3 Å². The molecule has 0 radical (unpaired) electrons. The highest BCUT2D eigenvalue weighted by Crippen LogP contribution is 2.37. The van der Waals surface area contributed by atoms with E-state index in [1.54, 1.807) is 19.1 Å². The standard InChI is InChI=1S/C28H22F5N5O4/c1-13-15-6-8-21(17(15)4-2-3-16(13)27(41)42)37-26(40)23-10-22(36-24-20(30)12-35-38(23)24)25(39)34-11-14-5-7-19(29)18(9-14)28(31,32)33/h2,4-5,7,9-10,12,21H,3,6,8,11H2,1H3,(H,34,39)(H,37,40)(H,41,42)/t21-/m0/s1. The van der Waals surface area contributed by atoms with Crippen molar-refractivity contribution < 1.29 is 41.4 Å².